The molecule has 0 N–H and O–H groups in total. The molecule has 1 rings (SSSR count). The number of benzene rings is 1. The van der Waals surface area contributed by atoms with Crippen LogP contribution in [-0.4, -0.2) is 19.1 Å². The van der Waals surface area contributed by atoms with E-state index in [0.29, 0.717) is 11.8 Å². The number of hydrogen-bond acceptors (Lipinski definition) is 2. The second-order valence-electron chi connectivity index (χ2n) is 4.78. The first-order chi connectivity index (χ1) is 9.22. The van der Waals surface area contributed by atoms with Gasteiger partial charge in [0.05, 0.1) is 13.2 Å². The molecule has 1 atom stereocenters. The Morgan fingerprint density at radius 3 is 2.26 bits per heavy atom. The standard InChI is InChI=1S/C16H25ClO2/c1-4-10-18-15-7-6-14(13(3)8-9-17)12-16(15)19-11-5-2/h6-7,12-13H,4-5,8-11H2,1-3H3. The summed E-state index contributed by atoms with van der Waals surface area (Å²) in [5.74, 6) is 2.83. The van der Waals surface area contributed by atoms with Crippen molar-refractivity contribution in [3.8, 4) is 11.5 Å². The molecule has 2 nitrogen and oxygen atoms in total. The normalized spacial score (nSPS) is 12.2. The molecule has 3 heteroatoms. The topological polar surface area (TPSA) is 18.5 Å². The molecule has 0 bridgehead atoms. The van der Waals surface area contributed by atoms with Gasteiger partial charge in [0.25, 0.3) is 0 Å². The van der Waals surface area contributed by atoms with Crippen LogP contribution in [0.1, 0.15) is 51.5 Å². The fourth-order valence-corrected chi connectivity index (χ4v) is 2.14. The summed E-state index contributed by atoms with van der Waals surface area (Å²) in [5.41, 5.74) is 1.26. The highest BCUT2D eigenvalue weighted by molar-refractivity contribution is 6.17. The van der Waals surface area contributed by atoms with Crippen molar-refractivity contribution in [2.75, 3.05) is 19.1 Å². The maximum Gasteiger partial charge on any atom is 0.161 e. The average molecular weight is 285 g/mol. The number of hydrogen-bond donors (Lipinski definition) is 0. The van der Waals surface area contributed by atoms with Gasteiger partial charge in [0.1, 0.15) is 0 Å². The van der Waals surface area contributed by atoms with Crippen molar-refractivity contribution in [2.24, 2.45) is 0 Å². The SMILES string of the molecule is CCCOc1ccc(C(C)CCCl)cc1OCCC. The predicted molar refractivity (Wildman–Crippen MR) is 81.8 cm³/mol. The maximum absolute atomic E-state index is 5.81. The van der Waals surface area contributed by atoms with Crippen LogP contribution < -0.4 is 9.47 Å². The highest BCUT2D eigenvalue weighted by Gasteiger charge is 2.11. The average Bonchev–Trinajstić information content (AvgIpc) is 2.43. The van der Waals surface area contributed by atoms with Crippen molar-refractivity contribution in [1.29, 1.82) is 0 Å². The van der Waals surface area contributed by atoms with Gasteiger partial charge >= 0.3 is 0 Å². The third kappa shape index (κ3) is 5.32. The summed E-state index contributed by atoms with van der Waals surface area (Å²) in [6, 6.07) is 6.22. The maximum atomic E-state index is 5.81. The lowest BCUT2D eigenvalue weighted by Crippen LogP contribution is -2.03. The minimum atomic E-state index is 0.446. The molecule has 1 aromatic rings. The van der Waals surface area contributed by atoms with E-state index in [0.717, 1.165) is 44.0 Å². The first kappa shape index (κ1) is 16.2. The predicted octanol–water partition coefficient (Wildman–Crippen LogP) is 5.00. The van der Waals surface area contributed by atoms with Gasteiger partial charge in [-0.1, -0.05) is 26.8 Å². The minimum absolute atomic E-state index is 0.446. The molecule has 0 aliphatic carbocycles. The van der Waals surface area contributed by atoms with Crippen LogP contribution in [0.3, 0.4) is 0 Å². The Kier molecular flexibility index (Phi) is 7.73. The van der Waals surface area contributed by atoms with E-state index < -0.39 is 0 Å². The van der Waals surface area contributed by atoms with Crippen LogP contribution in [-0.2, 0) is 0 Å². The molecule has 0 saturated heterocycles. The molecule has 0 saturated carbocycles. The molecule has 1 aromatic carbocycles. The van der Waals surface area contributed by atoms with Crippen molar-refractivity contribution in [1.82, 2.24) is 0 Å². The lowest BCUT2D eigenvalue weighted by atomic mass is 9.98. The molecule has 1 unspecified atom stereocenters. The molecule has 0 aromatic heterocycles. The van der Waals surface area contributed by atoms with E-state index >= 15 is 0 Å². The van der Waals surface area contributed by atoms with Crippen LogP contribution >= 0.6 is 11.6 Å². The third-order valence-electron chi connectivity index (χ3n) is 3.00. The number of halogens is 1. The molecule has 0 spiro atoms. The summed E-state index contributed by atoms with van der Waals surface area (Å²) >= 11 is 5.81. The van der Waals surface area contributed by atoms with Crippen LogP contribution in [0.5, 0.6) is 11.5 Å². The van der Waals surface area contributed by atoms with Gasteiger partial charge in [0, 0.05) is 5.88 Å². The Morgan fingerprint density at radius 1 is 1.05 bits per heavy atom. The van der Waals surface area contributed by atoms with Crippen molar-refractivity contribution in [3.63, 3.8) is 0 Å². The Labute approximate surface area is 122 Å². The zero-order valence-corrected chi connectivity index (χ0v) is 13.0. The smallest absolute Gasteiger partial charge is 0.161 e. The summed E-state index contributed by atoms with van der Waals surface area (Å²) in [5, 5.41) is 0. The Bertz CT molecular complexity index is 366. The molecular formula is C16H25ClO2. The van der Waals surface area contributed by atoms with Gasteiger partial charge in [0.15, 0.2) is 11.5 Å². The lowest BCUT2D eigenvalue weighted by Gasteiger charge is -2.16. The van der Waals surface area contributed by atoms with Gasteiger partial charge in [-0.25, -0.2) is 0 Å². The summed E-state index contributed by atoms with van der Waals surface area (Å²) < 4.78 is 11.5. The largest absolute Gasteiger partial charge is 0.490 e. The molecule has 0 fully saturated rings. The molecule has 0 radical (unpaired) electrons. The van der Waals surface area contributed by atoms with Gasteiger partial charge in [-0.15, -0.1) is 11.6 Å². The zero-order valence-electron chi connectivity index (χ0n) is 12.2. The second kappa shape index (κ2) is 9.08. The number of rotatable bonds is 9. The summed E-state index contributed by atoms with van der Waals surface area (Å²) in [6.45, 7) is 7.83. The fraction of sp³-hybridized carbons (Fsp3) is 0.625. The summed E-state index contributed by atoms with van der Waals surface area (Å²) in [6.07, 6.45) is 2.97. The van der Waals surface area contributed by atoms with Gasteiger partial charge in [-0.05, 0) is 42.9 Å². The Hall–Kier alpha value is -0.890. The van der Waals surface area contributed by atoms with Crippen molar-refractivity contribution >= 4 is 11.6 Å². The molecule has 108 valence electrons. The van der Waals surface area contributed by atoms with E-state index in [2.05, 4.69) is 32.9 Å². The molecule has 19 heavy (non-hydrogen) atoms. The molecule has 0 amide bonds. The number of alkyl halides is 1. The van der Waals surface area contributed by atoms with Crippen LogP contribution in [0.15, 0.2) is 18.2 Å². The highest BCUT2D eigenvalue weighted by atomic mass is 35.5. The van der Waals surface area contributed by atoms with E-state index in [-0.39, 0.29) is 0 Å². The summed E-state index contributed by atoms with van der Waals surface area (Å²) in [4.78, 5) is 0. The van der Waals surface area contributed by atoms with Crippen LogP contribution in [0.2, 0.25) is 0 Å². The monoisotopic (exact) mass is 284 g/mol. The van der Waals surface area contributed by atoms with Crippen molar-refractivity contribution in [3.05, 3.63) is 23.8 Å². The molecule has 0 aliphatic rings. The number of ether oxygens (including phenoxy) is 2. The first-order valence-electron chi connectivity index (χ1n) is 7.18. The van der Waals surface area contributed by atoms with E-state index in [1.807, 2.05) is 6.07 Å². The van der Waals surface area contributed by atoms with E-state index in [1.165, 1.54) is 5.56 Å². The van der Waals surface area contributed by atoms with Crippen LogP contribution in [0.25, 0.3) is 0 Å². The van der Waals surface area contributed by atoms with Gasteiger partial charge in [-0.2, -0.15) is 0 Å². The Balaban J connectivity index is 2.86. The van der Waals surface area contributed by atoms with Gasteiger partial charge in [-0.3, -0.25) is 0 Å². The van der Waals surface area contributed by atoms with Crippen molar-refractivity contribution in [2.45, 2.75) is 46.0 Å². The quantitative estimate of drug-likeness (QED) is 0.594. The zero-order chi connectivity index (χ0) is 14.1. The van der Waals surface area contributed by atoms with E-state index in [4.69, 9.17) is 21.1 Å². The lowest BCUT2D eigenvalue weighted by molar-refractivity contribution is 0.268. The minimum Gasteiger partial charge on any atom is -0.490 e. The van der Waals surface area contributed by atoms with Crippen LogP contribution in [0.4, 0.5) is 0 Å². The second-order valence-corrected chi connectivity index (χ2v) is 5.16. The van der Waals surface area contributed by atoms with E-state index in [1.54, 1.807) is 0 Å². The Morgan fingerprint density at radius 2 is 1.68 bits per heavy atom. The van der Waals surface area contributed by atoms with E-state index in [9.17, 15) is 0 Å². The first-order valence-corrected chi connectivity index (χ1v) is 7.71. The van der Waals surface area contributed by atoms with Gasteiger partial charge < -0.3 is 9.47 Å². The molecule has 0 aliphatic heterocycles. The highest BCUT2D eigenvalue weighted by Crippen LogP contribution is 2.32. The van der Waals surface area contributed by atoms with Gasteiger partial charge in [0.2, 0.25) is 0 Å². The molecular weight excluding hydrogens is 260 g/mol. The van der Waals surface area contributed by atoms with Crippen LogP contribution in [0, 0.1) is 0 Å². The fourth-order valence-electron chi connectivity index (χ4n) is 1.82. The summed E-state index contributed by atoms with van der Waals surface area (Å²) in [7, 11) is 0. The third-order valence-corrected chi connectivity index (χ3v) is 3.22. The van der Waals surface area contributed by atoms with Crippen molar-refractivity contribution < 1.29 is 9.47 Å². The molecule has 0 heterocycles.